The molecule has 112 valence electrons. The van der Waals surface area contributed by atoms with Crippen LogP contribution in [0.5, 0.6) is 5.75 Å². The zero-order chi connectivity index (χ0) is 14.6. The van der Waals surface area contributed by atoms with Gasteiger partial charge in [0.05, 0.1) is 7.11 Å². The fourth-order valence-corrected chi connectivity index (χ4v) is 4.49. The lowest BCUT2D eigenvalue weighted by molar-refractivity contribution is 0.404. The number of benzene rings is 1. The molecule has 0 radical (unpaired) electrons. The van der Waals surface area contributed by atoms with Crippen molar-refractivity contribution in [1.29, 1.82) is 0 Å². The van der Waals surface area contributed by atoms with Gasteiger partial charge in [0, 0.05) is 10.8 Å². The SMILES string of the molecule is CCCNC(c1ccc(OC)cc1C)C1(C)CCCS1. The minimum Gasteiger partial charge on any atom is -0.497 e. The van der Waals surface area contributed by atoms with Gasteiger partial charge in [-0.1, -0.05) is 13.0 Å². The molecule has 1 fully saturated rings. The summed E-state index contributed by atoms with van der Waals surface area (Å²) in [6.07, 6.45) is 3.80. The lowest BCUT2D eigenvalue weighted by Gasteiger charge is -2.35. The molecule has 1 aliphatic heterocycles. The smallest absolute Gasteiger partial charge is 0.119 e. The molecule has 1 heterocycles. The van der Waals surface area contributed by atoms with Crippen molar-refractivity contribution in [1.82, 2.24) is 5.32 Å². The first kappa shape index (κ1) is 15.7. The Morgan fingerprint density at radius 1 is 1.45 bits per heavy atom. The molecule has 1 aromatic rings. The molecule has 0 saturated carbocycles. The van der Waals surface area contributed by atoms with E-state index in [-0.39, 0.29) is 0 Å². The number of ether oxygens (including phenoxy) is 1. The van der Waals surface area contributed by atoms with Gasteiger partial charge in [-0.25, -0.2) is 0 Å². The van der Waals surface area contributed by atoms with Gasteiger partial charge in [0.15, 0.2) is 0 Å². The topological polar surface area (TPSA) is 21.3 Å². The molecule has 20 heavy (non-hydrogen) atoms. The van der Waals surface area contributed by atoms with E-state index in [2.05, 4.69) is 56.0 Å². The highest BCUT2D eigenvalue weighted by molar-refractivity contribution is 8.00. The lowest BCUT2D eigenvalue weighted by Crippen LogP contribution is -2.38. The van der Waals surface area contributed by atoms with E-state index in [1.165, 1.54) is 36.1 Å². The van der Waals surface area contributed by atoms with Gasteiger partial charge >= 0.3 is 0 Å². The van der Waals surface area contributed by atoms with Gasteiger partial charge in [-0.15, -0.1) is 0 Å². The largest absolute Gasteiger partial charge is 0.497 e. The second-order valence-corrected chi connectivity index (χ2v) is 7.50. The predicted molar refractivity (Wildman–Crippen MR) is 88.9 cm³/mol. The van der Waals surface area contributed by atoms with Crippen LogP contribution in [0, 0.1) is 6.92 Å². The average Bonchev–Trinajstić information content (AvgIpc) is 2.88. The standard InChI is InChI=1S/C17H27NOS/c1-5-10-18-16(17(3)9-6-11-20-17)15-8-7-14(19-4)12-13(15)2/h7-8,12,16,18H,5-6,9-11H2,1-4H3. The number of methoxy groups -OCH3 is 1. The summed E-state index contributed by atoms with van der Waals surface area (Å²) >= 11 is 2.12. The molecule has 1 N–H and O–H groups in total. The van der Waals surface area contributed by atoms with Crippen LogP contribution in [0.3, 0.4) is 0 Å². The van der Waals surface area contributed by atoms with Gasteiger partial charge < -0.3 is 10.1 Å². The Hall–Kier alpha value is -0.670. The molecule has 0 spiro atoms. The van der Waals surface area contributed by atoms with Crippen LogP contribution in [0.1, 0.15) is 50.3 Å². The normalized spacial score (nSPS) is 23.8. The number of rotatable bonds is 6. The van der Waals surface area contributed by atoms with Gasteiger partial charge in [-0.05, 0) is 68.7 Å². The Kier molecular flexibility index (Phi) is 5.39. The van der Waals surface area contributed by atoms with Gasteiger partial charge in [0.2, 0.25) is 0 Å². The Bertz CT molecular complexity index is 441. The van der Waals surface area contributed by atoms with Crippen molar-refractivity contribution in [3.05, 3.63) is 29.3 Å². The number of nitrogens with one attached hydrogen (secondary N) is 1. The van der Waals surface area contributed by atoms with Crippen LogP contribution in [0.15, 0.2) is 18.2 Å². The molecule has 0 aliphatic carbocycles. The third-order valence-corrected chi connectivity index (χ3v) is 5.84. The van der Waals surface area contributed by atoms with Crippen molar-refractivity contribution >= 4 is 11.8 Å². The minimum atomic E-state index is 0.314. The molecule has 1 aliphatic rings. The maximum absolute atomic E-state index is 5.34. The first-order valence-electron chi connectivity index (χ1n) is 7.62. The summed E-state index contributed by atoms with van der Waals surface area (Å²) in [6, 6.07) is 6.91. The monoisotopic (exact) mass is 293 g/mol. The second kappa shape index (κ2) is 6.86. The Labute approximate surface area is 127 Å². The van der Waals surface area contributed by atoms with E-state index >= 15 is 0 Å². The van der Waals surface area contributed by atoms with E-state index in [9.17, 15) is 0 Å². The third-order valence-electron chi connectivity index (χ3n) is 4.25. The molecule has 0 amide bonds. The molecular weight excluding hydrogens is 266 g/mol. The van der Waals surface area contributed by atoms with Crippen LogP contribution < -0.4 is 10.1 Å². The Morgan fingerprint density at radius 3 is 2.80 bits per heavy atom. The molecular formula is C17H27NOS. The van der Waals surface area contributed by atoms with Gasteiger partial charge in [-0.2, -0.15) is 11.8 Å². The number of thioether (sulfide) groups is 1. The van der Waals surface area contributed by atoms with Crippen LogP contribution in [-0.2, 0) is 0 Å². The molecule has 2 nitrogen and oxygen atoms in total. The highest BCUT2D eigenvalue weighted by Crippen LogP contribution is 2.47. The number of hydrogen-bond acceptors (Lipinski definition) is 3. The van der Waals surface area contributed by atoms with Crippen LogP contribution >= 0.6 is 11.8 Å². The summed E-state index contributed by atoms with van der Waals surface area (Å²) < 4.78 is 5.65. The molecule has 1 saturated heterocycles. The molecule has 0 aromatic heterocycles. The summed E-state index contributed by atoms with van der Waals surface area (Å²) in [5.74, 6) is 2.24. The Balaban J connectivity index is 2.30. The van der Waals surface area contributed by atoms with E-state index in [4.69, 9.17) is 4.74 Å². The van der Waals surface area contributed by atoms with Crippen molar-refractivity contribution in [2.45, 2.75) is 50.8 Å². The van der Waals surface area contributed by atoms with Gasteiger partial charge in [-0.3, -0.25) is 0 Å². The zero-order valence-electron chi connectivity index (χ0n) is 13.2. The molecule has 0 bridgehead atoms. The molecule has 1 aromatic carbocycles. The highest BCUT2D eigenvalue weighted by Gasteiger charge is 2.38. The van der Waals surface area contributed by atoms with Crippen molar-refractivity contribution in [3.63, 3.8) is 0 Å². The van der Waals surface area contributed by atoms with Crippen LogP contribution in [0.25, 0.3) is 0 Å². The molecule has 2 atom stereocenters. The Morgan fingerprint density at radius 2 is 2.25 bits per heavy atom. The van der Waals surface area contributed by atoms with E-state index in [1.807, 2.05) is 0 Å². The predicted octanol–water partition coefficient (Wildman–Crippen LogP) is 4.33. The molecule has 2 unspecified atom stereocenters. The van der Waals surface area contributed by atoms with E-state index < -0.39 is 0 Å². The van der Waals surface area contributed by atoms with Gasteiger partial charge in [0.25, 0.3) is 0 Å². The first-order valence-corrected chi connectivity index (χ1v) is 8.61. The van der Waals surface area contributed by atoms with Crippen LogP contribution in [0.2, 0.25) is 0 Å². The first-order chi connectivity index (χ1) is 9.60. The number of aryl methyl sites for hydroxylation is 1. The summed E-state index contributed by atoms with van der Waals surface area (Å²) in [6.45, 7) is 7.92. The molecule has 2 rings (SSSR count). The molecule has 3 heteroatoms. The van der Waals surface area contributed by atoms with Crippen LogP contribution in [0.4, 0.5) is 0 Å². The maximum Gasteiger partial charge on any atom is 0.119 e. The lowest BCUT2D eigenvalue weighted by atomic mass is 9.87. The third kappa shape index (κ3) is 3.32. The summed E-state index contributed by atoms with van der Waals surface area (Å²) in [5.41, 5.74) is 2.75. The minimum absolute atomic E-state index is 0.314. The van der Waals surface area contributed by atoms with E-state index in [0.29, 0.717) is 10.8 Å². The summed E-state index contributed by atoms with van der Waals surface area (Å²) in [5, 5.41) is 3.78. The quantitative estimate of drug-likeness (QED) is 0.843. The summed E-state index contributed by atoms with van der Waals surface area (Å²) in [7, 11) is 1.73. The van der Waals surface area contributed by atoms with Crippen molar-refractivity contribution in [2.75, 3.05) is 19.4 Å². The van der Waals surface area contributed by atoms with E-state index in [1.54, 1.807) is 7.11 Å². The average molecular weight is 293 g/mol. The van der Waals surface area contributed by atoms with Crippen molar-refractivity contribution in [3.8, 4) is 5.75 Å². The fourth-order valence-electron chi connectivity index (χ4n) is 3.07. The van der Waals surface area contributed by atoms with Crippen molar-refractivity contribution in [2.24, 2.45) is 0 Å². The highest BCUT2D eigenvalue weighted by atomic mass is 32.2. The van der Waals surface area contributed by atoms with E-state index in [0.717, 1.165) is 12.3 Å². The van der Waals surface area contributed by atoms with Gasteiger partial charge in [0.1, 0.15) is 5.75 Å². The zero-order valence-corrected chi connectivity index (χ0v) is 14.0. The maximum atomic E-state index is 5.34. The fraction of sp³-hybridized carbons (Fsp3) is 0.647. The van der Waals surface area contributed by atoms with Crippen molar-refractivity contribution < 1.29 is 4.74 Å². The summed E-state index contributed by atoms with van der Waals surface area (Å²) in [4.78, 5) is 0. The second-order valence-electron chi connectivity index (χ2n) is 5.87. The number of hydrogen-bond donors (Lipinski definition) is 1. The van der Waals surface area contributed by atoms with Crippen LogP contribution in [-0.4, -0.2) is 24.2 Å².